The van der Waals surface area contributed by atoms with Crippen LogP contribution in [0.15, 0.2) is 24.3 Å². The number of piperidine rings is 1. The molecule has 0 aromatic heterocycles. The summed E-state index contributed by atoms with van der Waals surface area (Å²) < 4.78 is 5.79. The molecule has 1 aromatic rings. The van der Waals surface area contributed by atoms with Crippen molar-refractivity contribution in [3.05, 3.63) is 29.8 Å². The van der Waals surface area contributed by atoms with Gasteiger partial charge in [-0.3, -0.25) is 0 Å². The molecule has 0 amide bonds. The molecule has 0 radical (unpaired) electrons. The topological polar surface area (TPSA) is 38.5 Å². The Morgan fingerprint density at radius 1 is 1.19 bits per heavy atom. The lowest BCUT2D eigenvalue weighted by atomic mass is 9.78. The molecular weight excluding hydrogens is 260 g/mol. The third-order valence-electron chi connectivity index (χ3n) is 4.96. The first-order valence-electron chi connectivity index (χ1n) is 8.29. The van der Waals surface area contributed by atoms with Crippen LogP contribution in [0.2, 0.25) is 0 Å². The highest BCUT2D eigenvalue weighted by Crippen LogP contribution is 2.33. The molecule has 118 valence electrons. The average Bonchev–Trinajstić information content (AvgIpc) is 2.54. The molecule has 0 atom stereocenters. The van der Waals surface area contributed by atoms with E-state index in [4.69, 9.17) is 10.5 Å². The van der Waals surface area contributed by atoms with Gasteiger partial charge in [-0.25, -0.2) is 0 Å². The van der Waals surface area contributed by atoms with Crippen LogP contribution in [-0.4, -0.2) is 31.1 Å². The summed E-state index contributed by atoms with van der Waals surface area (Å²) in [5.74, 6) is 0.949. The van der Waals surface area contributed by atoms with Crippen LogP contribution in [0.3, 0.4) is 0 Å². The minimum Gasteiger partial charge on any atom is -0.494 e. The van der Waals surface area contributed by atoms with Gasteiger partial charge in [-0.2, -0.15) is 0 Å². The molecule has 1 aromatic carbocycles. The van der Waals surface area contributed by atoms with Gasteiger partial charge in [0.25, 0.3) is 0 Å². The van der Waals surface area contributed by atoms with Gasteiger partial charge in [0, 0.05) is 13.1 Å². The Morgan fingerprint density at radius 3 is 2.43 bits per heavy atom. The summed E-state index contributed by atoms with van der Waals surface area (Å²) >= 11 is 0. The van der Waals surface area contributed by atoms with Crippen molar-refractivity contribution in [2.45, 2.75) is 46.1 Å². The van der Waals surface area contributed by atoms with E-state index in [2.05, 4.69) is 18.7 Å². The van der Waals surface area contributed by atoms with Crippen LogP contribution in [0.25, 0.3) is 0 Å². The molecule has 1 aliphatic rings. The highest BCUT2D eigenvalue weighted by Gasteiger charge is 2.27. The second-order valence-electron chi connectivity index (χ2n) is 6.56. The van der Waals surface area contributed by atoms with Gasteiger partial charge in [-0.1, -0.05) is 32.4 Å². The van der Waals surface area contributed by atoms with Crippen molar-refractivity contribution in [1.82, 2.24) is 4.90 Å². The van der Waals surface area contributed by atoms with Crippen molar-refractivity contribution in [1.29, 1.82) is 0 Å². The first kappa shape index (κ1) is 16.3. The first-order valence-corrected chi connectivity index (χ1v) is 8.29. The predicted molar refractivity (Wildman–Crippen MR) is 88.5 cm³/mol. The number of ether oxygens (including phenoxy) is 1. The van der Waals surface area contributed by atoms with Crippen molar-refractivity contribution in [2.75, 3.05) is 26.2 Å². The van der Waals surface area contributed by atoms with E-state index in [0.29, 0.717) is 12.0 Å². The summed E-state index contributed by atoms with van der Waals surface area (Å²) in [7, 11) is 0. The molecule has 0 bridgehead atoms. The lowest BCUT2D eigenvalue weighted by Gasteiger charge is -2.38. The fourth-order valence-corrected chi connectivity index (χ4v) is 2.87. The molecule has 2 N–H and O–H groups in total. The number of likely N-dealkylation sites (tertiary alicyclic amines) is 1. The highest BCUT2D eigenvalue weighted by atomic mass is 16.5. The van der Waals surface area contributed by atoms with Crippen molar-refractivity contribution >= 4 is 0 Å². The zero-order chi connectivity index (χ0) is 15.1. The Labute approximate surface area is 129 Å². The standard InChI is InChI=1S/C18H30N2O/c1-3-18(2)9-12-20(13-10-18)11-4-14-21-17-7-5-16(15-19)6-8-17/h5-8H,3-4,9-15,19H2,1-2H3. The maximum Gasteiger partial charge on any atom is 0.119 e. The van der Waals surface area contributed by atoms with Gasteiger partial charge in [0.05, 0.1) is 6.61 Å². The lowest BCUT2D eigenvalue weighted by molar-refractivity contribution is 0.109. The summed E-state index contributed by atoms with van der Waals surface area (Å²) in [4.78, 5) is 2.58. The van der Waals surface area contributed by atoms with E-state index in [1.54, 1.807) is 0 Å². The second kappa shape index (κ2) is 7.81. The van der Waals surface area contributed by atoms with Crippen molar-refractivity contribution in [3.8, 4) is 5.75 Å². The van der Waals surface area contributed by atoms with E-state index in [1.807, 2.05) is 24.3 Å². The van der Waals surface area contributed by atoms with Crippen LogP contribution >= 0.6 is 0 Å². The third kappa shape index (κ3) is 5.01. The SMILES string of the molecule is CCC1(C)CCN(CCCOc2ccc(CN)cc2)CC1. The summed E-state index contributed by atoms with van der Waals surface area (Å²) in [5, 5.41) is 0. The largest absolute Gasteiger partial charge is 0.494 e. The molecule has 1 fully saturated rings. The van der Waals surface area contributed by atoms with Gasteiger partial charge in [-0.05, 0) is 55.5 Å². The molecule has 21 heavy (non-hydrogen) atoms. The Morgan fingerprint density at radius 2 is 1.86 bits per heavy atom. The Hall–Kier alpha value is -1.06. The number of hydrogen-bond acceptors (Lipinski definition) is 3. The van der Waals surface area contributed by atoms with E-state index < -0.39 is 0 Å². The molecule has 0 unspecified atom stereocenters. The van der Waals surface area contributed by atoms with E-state index >= 15 is 0 Å². The van der Waals surface area contributed by atoms with Gasteiger partial charge in [0.15, 0.2) is 0 Å². The number of rotatable bonds is 7. The predicted octanol–water partition coefficient (Wildman–Crippen LogP) is 3.43. The van der Waals surface area contributed by atoms with Crippen LogP contribution in [0.4, 0.5) is 0 Å². The highest BCUT2D eigenvalue weighted by molar-refractivity contribution is 5.26. The summed E-state index contributed by atoms with van der Waals surface area (Å²) in [6.07, 6.45) is 5.08. The average molecular weight is 290 g/mol. The van der Waals surface area contributed by atoms with Gasteiger partial charge >= 0.3 is 0 Å². The van der Waals surface area contributed by atoms with E-state index in [0.717, 1.165) is 30.9 Å². The molecule has 1 saturated heterocycles. The van der Waals surface area contributed by atoms with Crippen LogP contribution in [0.1, 0.15) is 45.1 Å². The molecule has 0 aliphatic carbocycles. The zero-order valence-corrected chi connectivity index (χ0v) is 13.6. The van der Waals surface area contributed by atoms with Crippen molar-refractivity contribution < 1.29 is 4.74 Å². The molecule has 0 saturated carbocycles. The Balaban J connectivity index is 1.62. The van der Waals surface area contributed by atoms with Gasteiger partial charge in [-0.15, -0.1) is 0 Å². The fourth-order valence-electron chi connectivity index (χ4n) is 2.87. The Bertz CT molecular complexity index is 408. The van der Waals surface area contributed by atoms with E-state index in [-0.39, 0.29) is 0 Å². The van der Waals surface area contributed by atoms with Crippen LogP contribution in [-0.2, 0) is 6.54 Å². The van der Waals surface area contributed by atoms with Crippen molar-refractivity contribution in [3.63, 3.8) is 0 Å². The third-order valence-corrected chi connectivity index (χ3v) is 4.96. The maximum absolute atomic E-state index is 5.79. The monoisotopic (exact) mass is 290 g/mol. The van der Waals surface area contributed by atoms with E-state index in [9.17, 15) is 0 Å². The smallest absolute Gasteiger partial charge is 0.119 e. The molecule has 3 nitrogen and oxygen atoms in total. The molecular formula is C18H30N2O. The van der Waals surface area contributed by atoms with E-state index in [1.165, 1.54) is 32.4 Å². The molecule has 1 heterocycles. The summed E-state index contributed by atoms with van der Waals surface area (Å²) in [6.45, 7) is 9.78. The number of benzene rings is 1. The maximum atomic E-state index is 5.79. The summed E-state index contributed by atoms with van der Waals surface area (Å²) in [5.41, 5.74) is 7.32. The lowest BCUT2D eigenvalue weighted by Crippen LogP contribution is -2.39. The minimum absolute atomic E-state index is 0.581. The normalized spacial score (nSPS) is 18.6. The first-order chi connectivity index (χ1) is 10.1. The summed E-state index contributed by atoms with van der Waals surface area (Å²) in [6, 6.07) is 8.09. The van der Waals surface area contributed by atoms with Crippen LogP contribution in [0, 0.1) is 5.41 Å². The van der Waals surface area contributed by atoms with Crippen LogP contribution < -0.4 is 10.5 Å². The number of nitrogens with zero attached hydrogens (tertiary/aromatic N) is 1. The Kier molecular flexibility index (Phi) is 6.07. The van der Waals surface area contributed by atoms with Gasteiger partial charge in [0.1, 0.15) is 5.75 Å². The fraction of sp³-hybridized carbons (Fsp3) is 0.667. The van der Waals surface area contributed by atoms with Gasteiger partial charge < -0.3 is 15.4 Å². The van der Waals surface area contributed by atoms with Crippen molar-refractivity contribution in [2.24, 2.45) is 11.1 Å². The second-order valence-corrected chi connectivity index (χ2v) is 6.56. The minimum atomic E-state index is 0.581. The quantitative estimate of drug-likeness (QED) is 0.782. The molecule has 3 heteroatoms. The van der Waals surface area contributed by atoms with Crippen LogP contribution in [0.5, 0.6) is 5.75 Å². The molecule has 1 aliphatic heterocycles. The molecule has 2 rings (SSSR count). The zero-order valence-electron chi connectivity index (χ0n) is 13.6. The van der Waals surface area contributed by atoms with Gasteiger partial charge in [0.2, 0.25) is 0 Å². The number of hydrogen-bond donors (Lipinski definition) is 1. The molecule has 0 spiro atoms. The number of nitrogens with two attached hydrogens (primary N) is 1.